The fraction of sp³-hybridized carbons (Fsp3) is 0.538. The van der Waals surface area contributed by atoms with Crippen molar-refractivity contribution in [2.45, 2.75) is 26.3 Å². The zero-order valence-electron chi connectivity index (χ0n) is 10.5. The van der Waals surface area contributed by atoms with Crippen LogP contribution in [0.25, 0.3) is 0 Å². The molecule has 0 aliphatic carbocycles. The number of aryl methyl sites for hydroxylation is 1. The Hall–Kier alpha value is -1.02. The molecule has 0 aliphatic rings. The Morgan fingerprint density at radius 2 is 1.73 bits per heavy atom. The van der Waals surface area contributed by atoms with E-state index in [4.69, 9.17) is 0 Å². The second-order valence-corrected chi connectivity index (χ2v) is 4.74. The zero-order valence-corrected chi connectivity index (χ0v) is 10.5. The molecule has 0 spiro atoms. The molecule has 0 radical (unpaired) electrons. The van der Waals surface area contributed by atoms with Crippen LogP contribution in [0.1, 0.15) is 19.4 Å². The van der Waals surface area contributed by atoms with Gasteiger partial charge in [0.15, 0.2) is 0 Å². The van der Waals surface area contributed by atoms with Crippen LogP contribution in [0, 0.1) is 6.92 Å². The van der Waals surface area contributed by atoms with Gasteiger partial charge in [-0.3, -0.25) is 0 Å². The third-order valence-electron chi connectivity index (χ3n) is 2.94. The van der Waals surface area contributed by atoms with Gasteiger partial charge in [0, 0.05) is 24.8 Å². The van der Waals surface area contributed by atoms with E-state index in [2.05, 4.69) is 62.3 Å². The van der Waals surface area contributed by atoms with E-state index in [9.17, 15) is 0 Å². The summed E-state index contributed by atoms with van der Waals surface area (Å²) in [5.74, 6) is 0. The number of nitrogens with zero attached hydrogens (tertiary/aromatic N) is 1. The van der Waals surface area contributed by atoms with Crippen LogP contribution in [-0.4, -0.2) is 26.2 Å². The van der Waals surface area contributed by atoms with Crippen LogP contribution in [-0.2, 0) is 0 Å². The molecule has 0 aliphatic heterocycles. The van der Waals surface area contributed by atoms with E-state index < -0.39 is 0 Å². The molecular formula is C13H22N2. The summed E-state index contributed by atoms with van der Waals surface area (Å²) in [4.78, 5) is 2.31. The minimum Gasteiger partial charge on any atom is -0.368 e. The van der Waals surface area contributed by atoms with Crippen LogP contribution in [0.3, 0.4) is 0 Å². The molecule has 1 N–H and O–H groups in total. The predicted molar refractivity (Wildman–Crippen MR) is 67.6 cm³/mol. The summed E-state index contributed by atoms with van der Waals surface area (Å²) in [6.07, 6.45) is 0. The number of nitrogens with one attached hydrogen (secondary N) is 1. The Labute approximate surface area is 93.3 Å². The van der Waals surface area contributed by atoms with Crippen LogP contribution in [0.15, 0.2) is 24.3 Å². The molecule has 1 aromatic carbocycles. The highest BCUT2D eigenvalue weighted by Crippen LogP contribution is 2.21. The van der Waals surface area contributed by atoms with Gasteiger partial charge in [-0.1, -0.05) is 17.7 Å². The number of benzene rings is 1. The number of rotatable bonds is 4. The molecule has 15 heavy (non-hydrogen) atoms. The van der Waals surface area contributed by atoms with Crippen molar-refractivity contribution in [3.8, 4) is 0 Å². The molecule has 0 saturated carbocycles. The van der Waals surface area contributed by atoms with E-state index in [0.717, 1.165) is 6.54 Å². The summed E-state index contributed by atoms with van der Waals surface area (Å²) in [7, 11) is 4.13. The van der Waals surface area contributed by atoms with Crippen LogP contribution in [0.4, 0.5) is 5.69 Å². The van der Waals surface area contributed by atoms with Gasteiger partial charge in [-0.05, 0) is 40.0 Å². The molecule has 84 valence electrons. The second-order valence-electron chi connectivity index (χ2n) is 4.74. The lowest BCUT2D eigenvalue weighted by atomic mass is 10.0. The summed E-state index contributed by atoms with van der Waals surface area (Å²) in [6.45, 7) is 7.56. The van der Waals surface area contributed by atoms with Gasteiger partial charge in [0.25, 0.3) is 0 Å². The standard InChI is InChI=1S/C13H22N2/c1-11-6-8-12(9-7-11)15(5)13(2,3)10-14-4/h6-9,14H,10H2,1-5H3. The van der Waals surface area contributed by atoms with Gasteiger partial charge in [-0.2, -0.15) is 0 Å². The number of likely N-dealkylation sites (N-methyl/N-ethyl adjacent to an activating group) is 2. The maximum atomic E-state index is 3.23. The monoisotopic (exact) mass is 206 g/mol. The van der Waals surface area contributed by atoms with Crippen molar-refractivity contribution in [2.75, 3.05) is 25.5 Å². The highest BCUT2D eigenvalue weighted by atomic mass is 15.2. The average molecular weight is 206 g/mol. The molecule has 0 aromatic heterocycles. The van der Waals surface area contributed by atoms with Crippen molar-refractivity contribution in [1.29, 1.82) is 0 Å². The molecular weight excluding hydrogens is 184 g/mol. The van der Waals surface area contributed by atoms with E-state index in [1.54, 1.807) is 0 Å². The minimum atomic E-state index is 0.129. The van der Waals surface area contributed by atoms with E-state index in [-0.39, 0.29) is 5.54 Å². The number of hydrogen-bond acceptors (Lipinski definition) is 2. The molecule has 2 heteroatoms. The quantitative estimate of drug-likeness (QED) is 0.814. The van der Waals surface area contributed by atoms with Crippen molar-refractivity contribution >= 4 is 5.69 Å². The lowest BCUT2D eigenvalue weighted by Crippen LogP contribution is -2.48. The van der Waals surface area contributed by atoms with Gasteiger partial charge in [0.1, 0.15) is 0 Å². The first-order chi connectivity index (χ1) is 6.97. The molecule has 0 fully saturated rings. The van der Waals surface area contributed by atoms with Gasteiger partial charge >= 0.3 is 0 Å². The second kappa shape index (κ2) is 4.67. The summed E-state index contributed by atoms with van der Waals surface area (Å²) < 4.78 is 0. The Bertz CT molecular complexity index is 301. The maximum Gasteiger partial charge on any atom is 0.0466 e. The number of anilines is 1. The molecule has 0 bridgehead atoms. The van der Waals surface area contributed by atoms with E-state index in [1.165, 1.54) is 11.3 Å². The molecule has 0 unspecified atom stereocenters. The predicted octanol–water partition coefficient (Wildman–Crippen LogP) is 2.43. The molecule has 1 aromatic rings. The lowest BCUT2D eigenvalue weighted by molar-refractivity contribution is 0.463. The van der Waals surface area contributed by atoms with Crippen molar-refractivity contribution < 1.29 is 0 Å². The fourth-order valence-corrected chi connectivity index (χ4v) is 1.67. The Morgan fingerprint density at radius 1 is 1.20 bits per heavy atom. The largest absolute Gasteiger partial charge is 0.368 e. The van der Waals surface area contributed by atoms with Crippen molar-refractivity contribution in [1.82, 2.24) is 5.32 Å². The van der Waals surface area contributed by atoms with E-state index >= 15 is 0 Å². The normalized spacial score (nSPS) is 11.5. The Morgan fingerprint density at radius 3 is 2.20 bits per heavy atom. The molecule has 0 amide bonds. The Kier molecular flexibility index (Phi) is 3.75. The Balaban J connectivity index is 2.84. The van der Waals surface area contributed by atoms with Gasteiger partial charge in [0.2, 0.25) is 0 Å². The zero-order chi connectivity index (χ0) is 11.5. The first-order valence-corrected chi connectivity index (χ1v) is 5.42. The molecule has 0 atom stereocenters. The first-order valence-electron chi connectivity index (χ1n) is 5.42. The minimum absolute atomic E-state index is 0.129. The van der Waals surface area contributed by atoms with Crippen LogP contribution >= 0.6 is 0 Å². The van der Waals surface area contributed by atoms with Crippen molar-refractivity contribution in [2.24, 2.45) is 0 Å². The first kappa shape index (κ1) is 12.1. The van der Waals surface area contributed by atoms with E-state index in [1.807, 2.05) is 7.05 Å². The molecule has 0 saturated heterocycles. The van der Waals surface area contributed by atoms with Crippen molar-refractivity contribution in [3.63, 3.8) is 0 Å². The van der Waals surface area contributed by atoms with E-state index in [0.29, 0.717) is 0 Å². The summed E-state index contributed by atoms with van der Waals surface area (Å²) in [5.41, 5.74) is 2.70. The van der Waals surface area contributed by atoms with Gasteiger partial charge < -0.3 is 10.2 Å². The topological polar surface area (TPSA) is 15.3 Å². The summed E-state index contributed by atoms with van der Waals surface area (Å²) in [5, 5.41) is 3.23. The van der Waals surface area contributed by atoms with Crippen LogP contribution in [0.5, 0.6) is 0 Å². The van der Waals surface area contributed by atoms with Gasteiger partial charge in [-0.15, -0.1) is 0 Å². The van der Waals surface area contributed by atoms with Crippen molar-refractivity contribution in [3.05, 3.63) is 29.8 Å². The molecule has 1 rings (SSSR count). The fourth-order valence-electron chi connectivity index (χ4n) is 1.67. The maximum absolute atomic E-state index is 3.23. The highest BCUT2D eigenvalue weighted by molar-refractivity contribution is 5.49. The average Bonchev–Trinajstić information content (AvgIpc) is 2.18. The number of hydrogen-bond donors (Lipinski definition) is 1. The van der Waals surface area contributed by atoms with Gasteiger partial charge in [-0.25, -0.2) is 0 Å². The lowest BCUT2D eigenvalue weighted by Gasteiger charge is -2.37. The summed E-state index contributed by atoms with van der Waals surface area (Å²) in [6, 6.07) is 8.65. The van der Waals surface area contributed by atoms with Crippen LogP contribution < -0.4 is 10.2 Å². The SMILES string of the molecule is CNCC(C)(C)N(C)c1ccc(C)cc1. The highest BCUT2D eigenvalue weighted by Gasteiger charge is 2.22. The third-order valence-corrected chi connectivity index (χ3v) is 2.94. The van der Waals surface area contributed by atoms with Crippen LogP contribution in [0.2, 0.25) is 0 Å². The summed E-state index contributed by atoms with van der Waals surface area (Å²) >= 11 is 0. The molecule has 0 heterocycles. The van der Waals surface area contributed by atoms with Gasteiger partial charge in [0.05, 0.1) is 0 Å². The third kappa shape index (κ3) is 2.96. The molecule has 2 nitrogen and oxygen atoms in total. The smallest absolute Gasteiger partial charge is 0.0466 e.